The van der Waals surface area contributed by atoms with Crippen LogP contribution in [0.3, 0.4) is 0 Å². The summed E-state index contributed by atoms with van der Waals surface area (Å²) in [5.74, 6) is 2.33. The van der Waals surface area contributed by atoms with Gasteiger partial charge in [0.1, 0.15) is 0 Å². The van der Waals surface area contributed by atoms with E-state index in [4.69, 9.17) is 9.63 Å². The summed E-state index contributed by atoms with van der Waals surface area (Å²) in [4.78, 5) is 13.0. The van der Waals surface area contributed by atoms with Crippen LogP contribution in [0.5, 0.6) is 0 Å². The van der Waals surface area contributed by atoms with Gasteiger partial charge in [0.15, 0.2) is 5.82 Å². The monoisotopic (exact) mass is 314 g/mol. The standard InChI is InChI=1S/C15H18N6O2/c22-7-6-10-8-16-15-18-13(19-21(15)9-10)14-17-12(20-23-14)11-4-2-1-3-5-11/h8-9,11,22H,1-7H2. The zero-order valence-corrected chi connectivity index (χ0v) is 12.7. The summed E-state index contributed by atoms with van der Waals surface area (Å²) in [5, 5.41) is 17.4. The highest BCUT2D eigenvalue weighted by atomic mass is 16.5. The van der Waals surface area contributed by atoms with Crippen LogP contribution in [0.25, 0.3) is 17.5 Å². The Morgan fingerprint density at radius 3 is 2.91 bits per heavy atom. The molecule has 0 unspecified atom stereocenters. The van der Waals surface area contributed by atoms with E-state index >= 15 is 0 Å². The first-order valence-corrected chi connectivity index (χ1v) is 7.99. The number of hydrogen-bond acceptors (Lipinski definition) is 7. The number of aliphatic hydroxyl groups excluding tert-OH is 1. The summed E-state index contributed by atoms with van der Waals surface area (Å²) in [6, 6.07) is 0. The molecule has 0 amide bonds. The van der Waals surface area contributed by atoms with Gasteiger partial charge in [-0.05, 0) is 24.8 Å². The topological polar surface area (TPSA) is 102 Å². The van der Waals surface area contributed by atoms with Crippen molar-refractivity contribution in [1.82, 2.24) is 29.7 Å². The summed E-state index contributed by atoms with van der Waals surface area (Å²) in [6.07, 6.45) is 9.98. The van der Waals surface area contributed by atoms with Crippen molar-refractivity contribution >= 4 is 5.78 Å². The first-order valence-electron chi connectivity index (χ1n) is 7.99. The van der Waals surface area contributed by atoms with Gasteiger partial charge in [0.05, 0.1) is 0 Å². The quantitative estimate of drug-likeness (QED) is 0.782. The van der Waals surface area contributed by atoms with Crippen molar-refractivity contribution in [3.8, 4) is 11.7 Å². The Labute approximate surface area is 132 Å². The van der Waals surface area contributed by atoms with Crippen LogP contribution in [-0.4, -0.2) is 41.4 Å². The molecule has 0 aromatic carbocycles. The highest BCUT2D eigenvalue weighted by Crippen LogP contribution is 2.31. The molecule has 1 aliphatic rings. The minimum atomic E-state index is 0.0726. The molecule has 8 heteroatoms. The molecule has 0 spiro atoms. The maximum absolute atomic E-state index is 9.00. The van der Waals surface area contributed by atoms with Crippen LogP contribution in [0.1, 0.15) is 49.4 Å². The second-order valence-electron chi connectivity index (χ2n) is 5.91. The zero-order valence-electron chi connectivity index (χ0n) is 12.7. The molecule has 0 radical (unpaired) electrons. The lowest BCUT2D eigenvalue weighted by molar-refractivity contribution is 0.299. The molecule has 1 N–H and O–H groups in total. The molecule has 23 heavy (non-hydrogen) atoms. The summed E-state index contributed by atoms with van der Waals surface area (Å²) >= 11 is 0. The number of aromatic nitrogens is 6. The van der Waals surface area contributed by atoms with Gasteiger partial charge in [-0.2, -0.15) is 9.97 Å². The van der Waals surface area contributed by atoms with Crippen molar-refractivity contribution in [3.05, 3.63) is 23.8 Å². The average molecular weight is 314 g/mol. The van der Waals surface area contributed by atoms with E-state index in [9.17, 15) is 0 Å². The number of nitrogens with zero attached hydrogens (tertiary/aromatic N) is 6. The summed E-state index contributed by atoms with van der Waals surface area (Å²) in [6.45, 7) is 0.0726. The Hall–Kier alpha value is -2.35. The van der Waals surface area contributed by atoms with E-state index in [1.54, 1.807) is 16.9 Å². The predicted molar refractivity (Wildman–Crippen MR) is 80.7 cm³/mol. The molecule has 3 aromatic rings. The van der Waals surface area contributed by atoms with Crippen LogP contribution in [-0.2, 0) is 6.42 Å². The fraction of sp³-hybridized carbons (Fsp3) is 0.533. The van der Waals surface area contributed by atoms with Crippen LogP contribution < -0.4 is 0 Å². The average Bonchev–Trinajstić information content (AvgIpc) is 3.22. The van der Waals surface area contributed by atoms with Gasteiger partial charge in [-0.3, -0.25) is 0 Å². The van der Waals surface area contributed by atoms with Gasteiger partial charge in [0.25, 0.3) is 11.7 Å². The predicted octanol–water partition coefficient (Wildman–Crippen LogP) is 1.76. The summed E-state index contributed by atoms with van der Waals surface area (Å²) in [7, 11) is 0. The molecule has 3 heterocycles. The molecule has 120 valence electrons. The molecule has 0 saturated heterocycles. The summed E-state index contributed by atoms with van der Waals surface area (Å²) in [5.41, 5.74) is 0.893. The van der Waals surface area contributed by atoms with Crippen molar-refractivity contribution in [2.24, 2.45) is 0 Å². The molecule has 1 aliphatic carbocycles. The lowest BCUT2D eigenvalue weighted by atomic mass is 9.89. The van der Waals surface area contributed by atoms with Crippen LogP contribution in [0.2, 0.25) is 0 Å². The molecule has 0 bridgehead atoms. The summed E-state index contributed by atoms with van der Waals surface area (Å²) < 4.78 is 6.92. The van der Waals surface area contributed by atoms with E-state index in [0.717, 1.165) is 24.2 Å². The van der Waals surface area contributed by atoms with Crippen molar-refractivity contribution in [2.75, 3.05) is 6.61 Å². The number of hydrogen-bond donors (Lipinski definition) is 1. The van der Waals surface area contributed by atoms with Crippen LogP contribution >= 0.6 is 0 Å². The molecule has 3 aromatic heterocycles. The molecular weight excluding hydrogens is 296 g/mol. The largest absolute Gasteiger partial charge is 0.396 e. The molecule has 1 saturated carbocycles. The Morgan fingerprint density at radius 1 is 1.22 bits per heavy atom. The maximum Gasteiger partial charge on any atom is 0.297 e. The minimum Gasteiger partial charge on any atom is -0.396 e. The van der Waals surface area contributed by atoms with Crippen LogP contribution in [0, 0.1) is 0 Å². The molecule has 0 atom stereocenters. The molecule has 0 aliphatic heterocycles. The van der Waals surface area contributed by atoms with Crippen molar-refractivity contribution in [3.63, 3.8) is 0 Å². The third kappa shape index (κ3) is 2.81. The first-order chi connectivity index (χ1) is 11.3. The second-order valence-corrected chi connectivity index (χ2v) is 5.91. The smallest absolute Gasteiger partial charge is 0.297 e. The number of rotatable bonds is 4. The number of aliphatic hydroxyl groups is 1. The fourth-order valence-electron chi connectivity index (χ4n) is 3.02. The Morgan fingerprint density at radius 2 is 2.09 bits per heavy atom. The number of fused-ring (bicyclic) bond motifs is 1. The van der Waals surface area contributed by atoms with Crippen LogP contribution in [0.15, 0.2) is 16.9 Å². The van der Waals surface area contributed by atoms with Crippen molar-refractivity contribution < 1.29 is 9.63 Å². The third-order valence-corrected chi connectivity index (χ3v) is 4.25. The highest BCUT2D eigenvalue weighted by molar-refractivity contribution is 5.45. The zero-order chi connectivity index (χ0) is 15.6. The van der Waals surface area contributed by atoms with E-state index in [0.29, 0.717) is 29.8 Å². The molecule has 4 rings (SSSR count). The van der Waals surface area contributed by atoms with Gasteiger partial charge in [-0.25, -0.2) is 9.50 Å². The van der Waals surface area contributed by atoms with Gasteiger partial charge in [-0.1, -0.05) is 24.4 Å². The van der Waals surface area contributed by atoms with E-state index in [1.165, 1.54) is 19.3 Å². The Bertz CT molecular complexity index is 805. The van der Waals surface area contributed by atoms with Gasteiger partial charge in [0.2, 0.25) is 5.82 Å². The molecule has 1 fully saturated rings. The minimum absolute atomic E-state index is 0.0726. The van der Waals surface area contributed by atoms with Crippen molar-refractivity contribution in [1.29, 1.82) is 0 Å². The normalized spacial score (nSPS) is 16.2. The Balaban J connectivity index is 1.62. The highest BCUT2D eigenvalue weighted by Gasteiger charge is 2.23. The van der Waals surface area contributed by atoms with Crippen LogP contribution in [0.4, 0.5) is 0 Å². The molecular formula is C15H18N6O2. The van der Waals surface area contributed by atoms with E-state index < -0.39 is 0 Å². The van der Waals surface area contributed by atoms with Gasteiger partial charge >= 0.3 is 0 Å². The van der Waals surface area contributed by atoms with E-state index in [1.807, 2.05) is 0 Å². The lowest BCUT2D eigenvalue weighted by Crippen LogP contribution is -2.06. The van der Waals surface area contributed by atoms with Gasteiger partial charge < -0.3 is 9.63 Å². The van der Waals surface area contributed by atoms with E-state index in [-0.39, 0.29) is 6.61 Å². The van der Waals surface area contributed by atoms with Gasteiger partial charge in [0, 0.05) is 24.9 Å². The SMILES string of the molecule is OCCc1cnc2nc(-c3nc(C4CCCCC4)no3)nn2c1. The lowest BCUT2D eigenvalue weighted by Gasteiger charge is -2.17. The van der Waals surface area contributed by atoms with Crippen molar-refractivity contribution in [2.45, 2.75) is 44.4 Å². The third-order valence-electron chi connectivity index (χ3n) is 4.25. The molecule has 8 nitrogen and oxygen atoms in total. The maximum atomic E-state index is 9.00. The Kier molecular flexibility index (Phi) is 3.74. The van der Waals surface area contributed by atoms with Gasteiger partial charge in [-0.15, -0.1) is 5.10 Å². The second kappa shape index (κ2) is 6.04. The first kappa shape index (κ1) is 14.3. The fourth-order valence-corrected chi connectivity index (χ4v) is 3.02. The van der Waals surface area contributed by atoms with E-state index in [2.05, 4.69) is 25.2 Å².